The molecule has 0 spiro atoms. The zero-order chi connectivity index (χ0) is 17.0. The number of hydrogen-bond acceptors (Lipinski definition) is 0. The Morgan fingerprint density at radius 3 is 1.08 bits per heavy atom. The fourth-order valence-corrected chi connectivity index (χ4v) is 4.19. The Labute approximate surface area is 146 Å². The molecule has 0 unspecified atom stereocenters. The van der Waals surface area contributed by atoms with Crippen LogP contribution in [0, 0.1) is 5.41 Å². The fraction of sp³-hybridized carbons (Fsp3) is 0.217. The number of benzene rings is 3. The van der Waals surface area contributed by atoms with Crippen molar-refractivity contribution in [3.05, 3.63) is 91.0 Å². The highest BCUT2D eigenvalue weighted by Crippen LogP contribution is 2.27. The molecule has 24 heavy (non-hydrogen) atoms. The Balaban J connectivity index is 2.33. The summed E-state index contributed by atoms with van der Waals surface area (Å²) in [6.45, 7) is 7.04. The van der Waals surface area contributed by atoms with Gasteiger partial charge in [-0.15, -0.1) is 0 Å². The molecule has 0 fully saturated rings. The van der Waals surface area contributed by atoms with E-state index in [1.807, 2.05) is 0 Å². The van der Waals surface area contributed by atoms with Crippen LogP contribution in [0.3, 0.4) is 0 Å². The summed E-state index contributed by atoms with van der Waals surface area (Å²) < 4.78 is 0. The first-order valence-corrected chi connectivity index (χ1v) is 8.86. The first-order chi connectivity index (χ1) is 11.5. The van der Waals surface area contributed by atoms with Gasteiger partial charge in [0.1, 0.15) is 0 Å². The lowest BCUT2D eigenvalue weighted by Crippen LogP contribution is -2.68. The second kappa shape index (κ2) is 6.69. The molecule has 0 aromatic heterocycles. The molecule has 1 heteroatoms. The predicted octanol–water partition coefficient (Wildman–Crippen LogP) is 4.20. The van der Waals surface area contributed by atoms with Crippen LogP contribution in [0.25, 0.3) is 0 Å². The van der Waals surface area contributed by atoms with E-state index in [9.17, 15) is 0 Å². The molecule has 0 aliphatic rings. The number of hydrogen-bond donors (Lipinski definition) is 0. The van der Waals surface area contributed by atoms with E-state index in [0.29, 0.717) is 0 Å². The molecule has 0 saturated heterocycles. The number of rotatable bonds is 4. The van der Waals surface area contributed by atoms with Crippen LogP contribution in [0.1, 0.15) is 20.8 Å². The van der Waals surface area contributed by atoms with Gasteiger partial charge in [-0.3, -0.25) is 0 Å². The summed E-state index contributed by atoms with van der Waals surface area (Å²) >= 11 is 0. The Hall–Kier alpha value is -2.28. The molecule has 0 heterocycles. The van der Waals surface area contributed by atoms with Gasteiger partial charge in [0.25, 0.3) is 0 Å². The van der Waals surface area contributed by atoms with Crippen molar-refractivity contribution in [2.45, 2.75) is 27.1 Å². The maximum atomic E-state index is 2.35. The van der Waals surface area contributed by atoms with E-state index in [0.717, 1.165) is 6.32 Å². The molecule has 0 nitrogen and oxygen atoms in total. The van der Waals surface area contributed by atoms with Gasteiger partial charge >= 0.3 is 0 Å². The lowest BCUT2D eigenvalue weighted by Gasteiger charge is -2.47. The van der Waals surface area contributed by atoms with Gasteiger partial charge in [-0.25, -0.2) is 0 Å². The minimum absolute atomic E-state index is 0.224. The SMILES string of the molecule is CC(C)(C)C[B-](c1ccccc1)(c1ccccc1)c1ccccc1. The Morgan fingerprint density at radius 2 is 0.833 bits per heavy atom. The van der Waals surface area contributed by atoms with Gasteiger partial charge in [-0.2, -0.15) is 22.7 Å². The second-order valence-electron chi connectivity index (χ2n) is 8.04. The van der Waals surface area contributed by atoms with E-state index in [1.54, 1.807) is 0 Å². The zero-order valence-corrected chi connectivity index (χ0v) is 14.9. The molecule has 3 rings (SSSR count). The lowest BCUT2D eigenvalue weighted by molar-refractivity contribution is 0.464. The van der Waals surface area contributed by atoms with Crippen molar-refractivity contribution in [2.75, 3.05) is 0 Å². The third-order valence-corrected chi connectivity index (χ3v) is 5.02. The average Bonchev–Trinajstić information content (AvgIpc) is 2.61. The second-order valence-corrected chi connectivity index (χ2v) is 8.04. The van der Waals surface area contributed by atoms with Crippen LogP contribution in [-0.4, -0.2) is 6.15 Å². The van der Waals surface area contributed by atoms with Crippen LogP contribution < -0.4 is 16.4 Å². The minimum Gasteiger partial charge on any atom is -0.200 e. The van der Waals surface area contributed by atoms with Gasteiger partial charge < -0.3 is 0 Å². The van der Waals surface area contributed by atoms with Gasteiger partial charge in [0, 0.05) is 0 Å². The van der Waals surface area contributed by atoms with E-state index >= 15 is 0 Å². The quantitative estimate of drug-likeness (QED) is 0.633. The maximum Gasteiger partial charge on any atom is 0.0819 e. The van der Waals surface area contributed by atoms with Crippen molar-refractivity contribution in [1.82, 2.24) is 0 Å². The molecule has 122 valence electrons. The van der Waals surface area contributed by atoms with Crippen LogP contribution in [0.4, 0.5) is 0 Å². The predicted molar refractivity (Wildman–Crippen MR) is 108 cm³/mol. The Bertz CT molecular complexity index is 659. The molecule has 0 aliphatic heterocycles. The largest absolute Gasteiger partial charge is 0.200 e. The monoisotopic (exact) mass is 313 g/mol. The van der Waals surface area contributed by atoms with E-state index in [1.165, 1.54) is 16.4 Å². The molecule has 3 aromatic rings. The van der Waals surface area contributed by atoms with Crippen LogP contribution in [-0.2, 0) is 0 Å². The molecule has 0 atom stereocenters. The topological polar surface area (TPSA) is 0 Å². The molecular weight excluding hydrogens is 287 g/mol. The highest BCUT2D eigenvalue weighted by atomic mass is 14.2. The van der Waals surface area contributed by atoms with E-state index in [-0.39, 0.29) is 5.41 Å². The highest BCUT2D eigenvalue weighted by Gasteiger charge is 2.33. The van der Waals surface area contributed by atoms with E-state index < -0.39 is 6.15 Å². The summed E-state index contributed by atoms with van der Waals surface area (Å²) in [5, 5.41) is 0. The van der Waals surface area contributed by atoms with E-state index in [4.69, 9.17) is 0 Å². The van der Waals surface area contributed by atoms with Crippen molar-refractivity contribution >= 4 is 22.5 Å². The van der Waals surface area contributed by atoms with E-state index in [2.05, 4.69) is 112 Å². The Morgan fingerprint density at radius 1 is 0.542 bits per heavy atom. The Kier molecular flexibility index (Phi) is 4.62. The first-order valence-electron chi connectivity index (χ1n) is 8.86. The molecule has 0 aliphatic carbocycles. The normalized spacial score (nSPS) is 12.1. The molecule has 0 radical (unpaired) electrons. The summed E-state index contributed by atoms with van der Waals surface area (Å²) in [7, 11) is 0. The molecule has 0 saturated carbocycles. The zero-order valence-electron chi connectivity index (χ0n) is 14.9. The summed E-state index contributed by atoms with van der Waals surface area (Å²) in [5.74, 6) is 0. The third kappa shape index (κ3) is 3.31. The summed E-state index contributed by atoms with van der Waals surface area (Å²) in [5.41, 5.74) is 4.49. The van der Waals surface area contributed by atoms with Crippen LogP contribution in [0.2, 0.25) is 6.32 Å². The van der Waals surface area contributed by atoms with Crippen LogP contribution in [0.15, 0.2) is 91.0 Å². The fourth-order valence-electron chi connectivity index (χ4n) is 4.19. The van der Waals surface area contributed by atoms with Gasteiger partial charge in [0.2, 0.25) is 0 Å². The van der Waals surface area contributed by atoms with Gasteiger partial charge in [0.15, 0.2) is 0 Å². The molecule has 0 N–H and O–H groups in total. The van der Waals surface area contributed by atoms with Gasteiger partial charge in [0.05, 0.1) is 6.15 Å². The molecule has 0 amide bonds. The minimum atomic E-state index is -1.00. The summed E-state index contributed by atoms with van der Waals surface area (Å²) in [6, 6.07) is 33.1. The average molecular weight is 313 g/mol. The lowest BCUT2D eigenvalue weighted by atomic mass is 9.13. The van der Waals surface area contributed by atoms with Crippen molar-refractivity contribution < 1.29 is 0 Å². The molecular formula is C23H26B-. The van der Waals surface area contributed by atoms with Gasteiger partial charge in [-0.05, 0) is 0 Å². The molecule has 3 aromatic carbocycles. The highest BCUT2D eigenvalue weighted by molar-refractivity contribution is 7.11. The van der Waals surface area contributed by atoms with Crippen molar-refractivity contribution in [1.29, 1.82) is 0 Å². The first kappa shape index (κ1) is 16.6. The van der Waals surface area contributed by atoms with Crippen molar-refractivity contribution in [2.24, 2.45) is 5.41 Å². The smallest absolute Gasteiger partial charge is 0.0819 e. The third-order valence-electron chi connectivity index (χ3n) is 5.02. The maximum absolute atomic E-state index is 2.35. The standard InChI is InChI=1S/C23H26B/c1-23(2,3)19-24(20-13-7-4-8-14-20,21-15-9-5-10-16-21)22-17-11-6-12-18-22/h4-18H,19H2,1-3H3/q-1. The van der Waals surface area contributed by atoms with Crippen molar-refractivity contribution in [3.8, 4) is 0 Å². The summed E-state index contributed by atoms with van der Waals surface area (Å²) in [4.78, 5) is 0. The van der Waals surface area contributed by atoms with Crippen LogP contribution >= 0.6 is 0 Å². The van der Waals surface area contributed by atoms with Gasteiger partial charge in [-0.1, -0.05) is 117 Å². The summed E-state index contributed by atoms with van der Waals surface area (Å²) in [6.07, 6.45) is 0.114. The van der Waals surface area contributed by atoms with Crippen molar-refractivity contribution in [3.63, 3.8) is 0 Å². The molecule has 0 bridgehead atoms. The van der Waals surface area contributed by atoms with Crippen LogP contribution in [0.5, 0.6) is 0 Å².